The van der Waals surface area contributed by atoms with Crippen molar-refractivity contribution in [3.63, 3.8) is 0 Å². The molecule has 1 unspecified atom stereocenters. The maximum Gasteiger partial charge on any atom is 0.306 e. The Morgan fingerprint density at radius 2 is 2.00 bits per heavy atom. The lowest BCUT2D eigenvalue weighted by atomic mass is 9.98. The monoisotopic (exact) mass is 187 g/mol. The Labute approximate surface area is 80.7 Å². The van der Waals surface area contributed by atoms with E-state index in [1.165, 1.54) is 0 Å². The van der Waals surface area contributed by atoms with Crippen molar-refractivity contribution in [1.82, 2.24) is 4.90 Å². The molecule has 0 aromatic carbocycles. The van der Waals surface area contributed by atoms with E-state index >= 15 is 0 Å². The third-order valence-electron chi connectivity index (χ3n) is 2.18. The van der Waals surface area contributed by atoms with E-state index in [-0.39, 0.29) is 5.92 Å². The van der Waals surface area contributed by atoms with E-state index < -0.39 is 5.97 Å². The fraction of sp³-hybridized carbons (Fsp3) is 0.900. The first kappa shape index (κ1) is 12.4. The smallest absolute Gasteiger partial charge is 0.306 e. The number of hydrogen-bond acceptors (Lipinski definition) is 2. The molecule has 0 saturated carbocycles. The summed E-state index contributed by atoms with van der Waals surface area (Å²) in [6, 6.07) is 0. The van der Waals surface area contributed by atoms with Crippen molar-refractivity contribution in [2.75, 3.05) is 20.6 Å². The largest absolute Gasteiger partial charge is 0.481 e. The van der Waals surface area contributed by atoms with Crippen molar-refractivity contribution in [2.24, 2.45) is 5.92 Å². The second kappa shape index (κ2) is 6.89. The first-order chi connectivity index (χ1) is 6.07. The highest BCUT2D eigenvalue weighted by molar-refractivity contribution is 5.69. The summed E-state index contributed by atoms with van der Waals surface area (Å²) in [4.78, 5) is 12.8. The van der Waals surface area contributed by atoms with Gasteiger partial charge in [0.25, 0.3) is 0 Å². The lowest BCUT2D eigenvalue weighted by Crippen LogP contribution is -2.21. The van der Waals surface area contributed by atoms with Crippen LogP contribution in [0.5, 0.6) is 0 Å². The second-order valence-electron chi connectivity index (χ2n) is 3.77. The average molecular weight is 187 g/mol. The van der Waals surface area contributed by atoms with Gasteiger partial charge >= 0.3 is 5.97 Å². The zero-order valence-electron chi connectivity index (χ0n) is 8.92. The second-order valence-corrected chi connectivity index (χ2v) is 3.77. The fourth-order valence-electron chi connectivity index (χ4n) is 1.26. The number of carbonyl (C=O) groups is 1. The Balaban J connectivity index is 3.74. The van der Waals surface area contributed by atoms with Crippen molar-refractivity contribution in [2.45, 2.75) is 32.6 Å². The van der Waals surface area contributed by atoms with Crippen LogP contribution in [0.2, 0.25) is 0 Å². The third kappa shape index (κ3) is 6.58. The molecule has 0 aliphatic rings. The normalized spacial score (nSPS) is 13.2. The zero-order valence-corrected chi connectivity index (χ0v) is 8.92. The maximum absolute atomic E-state index is 10.8. The Hall–Kier alpha value is -0.570. The average Bonchev–Trinajstić information content (AvgIpc) is 2.03. The molecule has 78 valence electrons. The molecule has 0 fully saturated rings. The van der Waals surface area contributed by atoms with Crippen LogP contribution in [-0.4, -0.2) is 36.6 Å². The van der Waals surface area contributed by atoms with Crippen molar-refractivity contribution >= 4 is 5.97 Å². The number of carboxylic acids is 1. The number of hydrogen-bond donors (Lipinski definition) is 1. The van der Waals surface area contributed by atoms with Gasteiger partial charge in [0.15, 0.2) is 0 Å². The Bertz CT molecular complexity index is 146. The van der Waals surface area contributed by atoms with Crippen LogP contribution in [0.25, 0.3) is 0 Å². The predicted molar refractivity (Wildman–Crippen MR) is 53.8 cm³/mol. The highest BCUT2D eigenvalue weighted by Crippen LogP contribution is 2.13. The molecule has 0 bridgehead atoms. The molecule has 3 nitrogen and oxygen atoms in total. The van der Waals surface area contributed by atoms with Gasteiger partial charge < -0.3 is 10.0 Å². The summed E-state index contributed by atoms with van der Waals surface area (Å²) in [6.07, 6.45) is 3.68. The standard InChI is InChI=1S/C10H21NO2/c1-4-5-6-9(10(12)13)7-8-11(2)3/h9H,4-8H2,1-3H3,(H,12,13). The molecular formula is C10H21NO2. The number of unbranched alkanes of at least 4 members (excludes halogenated alkanes) is 1. The summed E-state index contributed by atoms with van der Waals surface area (Å²) in [7, 11) is 3.94. The van der Waals surface area contributed by atoms with Gasteiger partial charge in [0, 0.05) is 0 Å². The van der Waals surface area contributed by atoms with Crippen LogP contribution in [0.15, 0.2) is 0 Å². The molecule has 0 amide bonds. The molecular weight excluding hydrogens is 166 g/mol. The SMILES string of the molecule is CCCCC(CCN(C)C)C(=O)O. The van der Waals surface area contributed by atoms with Crippen LogP contribution in [0.3, 0.4) is 0 Å². The van der Waals surface area contributed by atoms with Gasteiger partial charge in [-0.2, -0.15) is 0 Å². The molecule has 3 heteroatoms. The Kier molecular flexibility index (Phi) is 6.59. The third-order valence-corrected chi connectivity index (χ3v) is 2.18. The van der Waals surface area contributed by atoms with E-state index in [0.717, 1.165) is 32.2 Å². The molecule has 0 radical (unpaired) electrons. The lowest BCUT2D eigenvalue weighted by molar-refractivity contribution is -0.142. The van der Waals surface area contributed by atoms with E-state index in [2.05, 4.69) is 6.92 Å². The van der Waals surface area contributed by atoms with Gasteiger partial charge in [0.05, 0.1) is 5.92 Å². The topological polar surface area (TPSA) is 40.5 Å². The van der Waals surface area contributed by atoms with Gasteiger partial charge in [0.2, 0.25) is 0 Å². The molecule has 13 heavy (non-hydrogen) atoms. The quantitative estimate of drug-likeness (QED) is 0.661. The van der Waals surface area contributed by atoms with Crippen LogP contribution >= 0.6 is 0 Å². The lowest BCUT2D eigenvalue weighted by Gasteiger charge is -2.14. The van der Waals surface area contributed by atoms with Gasteiger partial charge in [-0.05, 0) is 33.5 Å². The van der Waals surface area contributed by atoms with Crippen LogP contribution < -0.4 is 0 Å². The van der Waals surface area contributed by atoms with Crippen molar-refractivity contribution in [3.8, 4) is 0 Å². The van der Waals surface area contributed by atoms with Crippen molar-refractivity contribution in [1.29, 1.82) is 0 Å². The summed E-state index contributed by atoms with van der Waals surface area (Å²) < 4.78 is 0. The van der Waals surface area contributed by atoms with Crippen LogP contribution in [0, 0.1) is 5.92 Å². The molecule has 1 N–H and O–H groups in total. The zero-order chi connectivity index (χ0) is 10.3. The van der Waals surface area contributed by atoms with Gasteiger partial charge in [0.1, 0.15) is 0 Å². The fourth-order valence-corrected chi connectivity index (χ4v) is 1.26. The van der Waals surface area contributed by atoms with E-state index in [1.54, 1.807) is 0 Å². The summed E-state index contributed by atoms with van der Waals surface area (Å²) in [5.41, 5.74) is 0. The Morgan fingerprint density at radius 3 is 2.38 bits per heavy atom. The molecule has 0 saturated heterocycles. The summed E-state index contributed by atoms with van der Waals surface area (Å²) in [5.74, 6) is -0.794. The number of rotatable bonds is 7. The van der Waals surface area contributed by atoms with Gasteiger partial charge in [-0.15, -0.1) is 0 Å². The highest BCUT2D eigenvalue weighted by Gasteiger charge is 2.16. The minimum absolute atomic E-state index is 0.151. The van der Waals surface area contributed by atoms with E-state index in [9.17, 15) is 4.79 Å². The van der Waals surface area contributed by atoms with E-state index in [0.29, 0.717) is 0 Å². The molecule has 0 rings (SSSR count). The molecule has 0 heterocycles. The first-order valence-corrected chi connectivity index (χ1v) is 4.95. The minimum Gasteiger partial charge on any atom is -0.481 e. The summed E-state index contributed by atoms with van der Waals surface area (Å²) >= 11 is 0. The van der Waals surface area contributed by atoms with Crippen LogP contribution in [-0.2, 0) is 4.79 Å². The van der Waals surface area contributed by atoms with E-state index in [4.69, 9.17) is 5.11 Å². The molecule has 0 aromatic rings. The molecule has 0 aliphatic carbocycles. The van der Waals surface area contributed by atoms with Crippen molar-refractivity contribution in [3.05, 3.63) is 0 Å². The molecule has 0 aromatic heterocycles. The summed E-state index contributed by atoms with van der Waals surface area (Å²) in [5, 5.41) is 8.89. The highest BCUT2D eigenvalue weighted by atomic mass is 16.4. The number of carboxylic acid groups (broad SMARTS) is 1. The van der Waals surface area contributed by atoms with Crippen LogP contribution in [0.4, 0.5) is 0 Å². The summed E-state index contributed by atoms with van der Waals surface area (Å²) in [6.45, 7) is 2.95. The minimum atomic E-state index is -0.643. The van der Waals surface area contributed by atoms with Gasteiger partial charge in [-0.3, -0.25) is 4.79 Å². The van der Waals surface area contributed by atoms with Gasteiger partial charge in [-0.1, -0.05) is 19.8 Å². The molecule has 1 atom stereocenters. The molecule has 0 aliphatic heterocycles. The Morgan fingerprint density at radius 1 is 1.38 bits per heavy atom. The van der Waals surface area contributed by atoms with E-state index in [1.807, 2.05) is 19.0 Å². The first-order valence-electron chi connectivity index (χ1n) is 4.95. The number of aliphatic carboxylic acids is 1. The van der Waals surface area contributed by atoms with Crippen molar-refractivity contribution < 1.29 is 9.90 Å². The predicted octanol–water partition coefficient (Wildman–Crippen LogP) is 1.83. The maximum atomic E-state index is 10.8. The van der Waals surface area contributed by atoms with Gasteiger partial charge in [-0.25, -0.2) is 0 Å². The van der Waals surface area contributed by atoms with Crippen LogP contribution in [0.1, 0.15) is 32.6 Å². The molecule has 0 spiro atoms. The number of nitrogens with zero attached hydrogens (tertiary/aromatic N) is 1.